The van der Waals surface area contributed by atoms with Crippen molar-refractivity contribution in [3.63, 3.8) is 0 Å². The molecule has 3 heteroatoms. The van der Waals surface area contributed by atoms with Gasteiger partial charge in [0.05, 0.1) is 5.57 Å². The second-order valence-corrected chi connectivity index (χ2v) is 5.57. The van der Waals surface area contributed by atoms with Gasteiger partial charge in [0.1, 0.15) is 0 Å². The summed E-state index contributed by atoms with van der Waals surface area (Å²) in [5, 5.41) is 12.8. The van der Waals surface area contributed by atoms with E-state index in [1.54, 1.807) is 0 Å². The van der Waals surface area contributed by atoms with E-state index < -0.39 is 5.97 Å². The van der Waals surface area contributed by atoms with Gasteiger partial charge in [0.25, 0.3) is 0 Å². The molecule has 0 aliphatic carbocycles. The molecule has 0 saturated heterocycles. The summed E-state index contributed by atoms with van der Waals surface area (Å²) in [6.45, 7) is 0. The van der Waals surface area contributed by atoms with Crippen molar-refractivity contribution >= 4 is 5.97 Å². The summed E-state index contributed by atoms with van der Waals surface area (Å²) >= 11 is 0. The van der Waals surface area contributed by atoms with Crippen LogP contribution in [0.2, 0.25) is 0 Å². The van der Waals surface area contributed by atoms with Gasteiger partial charge < -0.3 is 10.4 Å². The fourth-order valence-corrected chi connectivity index (χ4v) is 2.93. The minimum absolute atomic E-state index is 0.208. The van der Waals surface area contributed by atoms with Crippen molar-refractivity contribution in [2.75, 3.05) is 0 Å². The average Bonchev–Trinajstić information content (AvgIpc) is 2.61. The zero-order valence-electron chi connectivity index (χ0n) is 12.8. The summed E-state index contributed by atoms with van der Waals surface area (Å²) in [7, 11) is 0. The molecule has 1 aliphatic heterocycles. The van der Waals surface area contributed by atoms with Gasteiger partial charge in [-0.15, -0.1) is 0 Å². The van der Waals surface area contributed by atoms with E-state index in [-0.39, 0.29) is 5.92 Å². The van der Waals surface area contributed by atoms with Crippen LogP contribution >= 0.6 is 0 Å². The second kappa shape index (κ2) is 6.97. The maximum Gasteiger partial charge on any atom is 0.334 e. The second-order valence-electron chi connectivity index (χ2n) is 5.57. The monoisotopic (exact) mass is 305 g/mol. The zero-order chi connectivity index (χ0) is 16.1. The number of aliphatic carboxylic acids is 1. The Morgan fingerprint density at radius 3 is 2.26 bits per heavy atom. The summed E-state index contributed by atoms with van der Waals surface area (Å²) in [5.41, 5.74) is 3.43. The van der Waals surface area contributed by atoms with E-state index >= 15 is 0 Å². The summed E-state index contributed by atoms with van der Waals surface area (Å²) in [5.74, 6) is -1.07. The fraction of sp³-hybridized carbons (Fsp3) is 0.150. The highest BCUT2D eigenvalue weighted by Gasteiger charge is 2.26. The van der Waals surface area contributed by atoms with Crippen LogP contribution in [0.15, 0.2) is 84.2 Å². The normalized spacial score (nSPS) is 17.0. The minimum Gasteiger partial charge on any atom is -0.478 e. The van der Waals surface area contributed by atoms with Gasteiger partial charge in [0, 0.05) is 11.6 Å². The molecule has 3 rings (SSSR count). The van der Waals surface area contributed by atoms with Gasteiger partial charge in [-0.2, -0.15) is 0 Å². The number of aryl methyl sites for hydroxylation is 1. The van der Waals surface area contributed by atoms with Crippen molar-refractivity contribution in [2.24, 2.45) is 0 Å². The molecule has 1 unspecified atom stereocenters. The lowest BCUT2D eigenvalue weighted by atomic mass is 9.87. The lowest BCUT2D eigenvalue weighted by Crippen LogP contribution is -2.23. The summed E-state index contributed by atoms with van der Waals surface area (Å²) in [4.78, 5) is 11.8. The predicted octanol–water partition coefficient (Wildman–Crippen LogP) is 3.86. The van der Waals surface area contributed by atoms with Gasteiger partial charge in [-0.1, -0.05) is 66.7 Å². The average molecular weight is 305 g/mol. The Bertz CT molecular complexity index is 733. The summed E-state index contributed by atoms with van der Waals surface area (Å²) < 4.78 is 0. The van der Waals surface area contributed by atoms with Crippen LogP contribution in [0, 0.1) is 0 Å². The zero-order valence-corrected chi connectivity index (χ0v) is 12.8. The van der Waals surface area contributed by atoms with E-state index in [4.69, 9.17) is 0 Å². The van der Waals surface area contributed by atoms with E-state index in [1.165, 1.54) is 5.56 Å². The SMILES string of the molecule is O=C(O)C1=C(CCc2ccccc2)NC=CC1c1ccccc1. The number of carboxylic acids is 1. The molecule has 0 spiro atoms. The molecule has 1 atom stereocenters. The first-order valence-corrected chi connectivity index (χ1v) is 7.74. The quantitative estimate of drug-likeness (QED) is 0.882. The smallest absolute Gasteiger partial charge is 0.334 e. The number of carboxylic acid groups (broad SMARTS) is 1. The lowest BCUT2D eigenvalue weighted by Gasteiger charge is -2.23. The Balaban J connectivity index is 1.87. The van der Waals surface area contributed by atoms with Crippen molar-refractivity contribution in [1.82, 2.24) is 5.32 Å². The number of rotatable bonds is 5. The number of hydrogen-bond donors (Lipinski definition) is 2. The molecular formula is C20H19NO2. The first-order chi connectivity index (χ1) is 11.3. The van der Waals surface area contributed by atoms with Gasteiger partial charge in [-0.3, -0.25) is 0 Å². The van der Waals surface area contributed by atoms with Crippen LogP contribution < -0.4 is 5.32 Å². The molecule has 0 amide bonds. The Morgan fingerprint density at radius 1 is 0.957 bits per heavy atom. The summed E-state index contributed by atoms with van der Waals surface area (Å²) in [6, 6.07) is 19.9. The first-order valence-electron chi connectivity index (χ1n) is 7.74. The molecule has 2 N–H and O–H groups in total. The number of allylic oxidation sites excluding steroid dienone is 2. The molecule has 2 aromatic rings. The Labute approximate surface area is 136 Å². The van der Waals surface area contributed by atoms with Crippen LogP contribution in [0.25, 0.3) is 0 Å². The van der Waals surface area contributed by atoms with Crippen molar-refractivity contribution in [1.29, 1.82) is 0 Å². The van der Waals surface area contributed by atoms with Gasteiger partial charge in [-0.05, 0) is 30.2 Å². The van der Waals surface area contributed by atoms with Crippen molar-refractivity contribution in [2.45, 2.75) is 18.8 Å². The highest BCUT2D eigenvalue weighted by atomic mass is 16.4. The topological polar surface area (TPSA) is 49.3 Å². The third kappa shape index (κ3) is 3.51. The van der Waals surface area contributed by atoms with Gasteiger partial charge in [0.15, 0.2) is 0 Å². The molecule has 116 valence electrons. The molecule has 0 fully saturated rings. The van der Waals surface area contributed by atoms with E-state index in [0.717, 1.165) is 17.7 Å². The molecule has 23 heavy (non-hydrogen) atoms. The Kier molecular flexibility index (Phi) is 4.57. The third-order valence-electron chi connectivity index (χ3n) is 4.08. The first kappa shape index (κ1) is 15.1. The number of benzene rings is 2. The molecule has 0 bridgehead atoms. The van der Waals surface area contributed by atoms with Crippen LogP contribution in [0.1, 0.15) is 23.5 Å². The molecule has 0 radical (unpaired) electrons. The van der Waals surface area contributed by atoms with Crippen LogP contribution in [-0.2, 0) is 11.2 Å². The number of carbonyl (C=O) groups is 1. The highest BCUT2D eigenvalue weighted by Crippen LogP contribution is 2.31. The van der Waals surface area contributed by atoms with Crippen LogP contribution in [-0.4, -0.2) is 11.1 Å². The molecule has 2 aromatic carbocycles. The van der Waals surface area contributed by atoms with Crippen LogP contribution in [0.3, 0.4) is 0 Å². The lowest BCUT2D eigenvalue weighted by molar-refractivity contribution is -0.133. The number of hydrogen-bond acceptors (Lipinski definition) is 2. The molecule has 1 aliphatic rings. The van der Waals surface area contributed by atoms with E-state index in [1.807, 2.05) is 60.8 Å². The number of dihydropyridines is 1. The maximum absolute atomic E-state index is 11.8. The van der Waals surface area contributed by atoms with Gasteiger partial charge in [0.2, 0.25) is 0 Å². The van der Waals surface area contributed by atoms with Crippen molar-refractivity contribution in [3.05, 3.63) is 95.3 Å². The van der Waals surface area contributed by atoms with Gasteiger partial charge >= 0.3 is 5.97 Å². The Morgan fingerprint density at radius 2 is 1.61 bits per heavy atom. The number of nitrogens with one attached hydrogen (secondary N) is 1. The highest BCUT2D eigenvalue weighted by molar-refractivity contribution is 5.90. The molecule has 0 saturated carbocycles. The van der Waals surface area contributed by atoms with E-state index in [2.05, 4.69) is 17.4 Å². The molecule has 0 aromatic heterocycles. The largest absolute Gasteiger partial charge is 0.478 e. The van der Waals surface area contributed by atoms with Crippen molar-refractivity contribution < 1.29 is 9.90 Å². The molecule has 3 nitrogen and oxygen atoms in total. The van der Waals surface area contributed by atoms with E-state index in [0.29, 0.717) is 12.0 Å². The standard InChI is InChI=1S/C20H19NO2/c22-20(23)19-17(16-9-5-2-6-10-16)13-14-21-18(19)12-11-15-7-3-1-4-8-15/h1-10,13-14,17,21H,11-12H2,(H,22,23). The van der Waals surface area contributed by atoms with Crippen LogP contribution in [0.5, 0.6) is 0 Å². The van der Waals surface area contributed by atoms with Crippen molar-refractivity contribution in [3.8, 4) is 0 Å². The fourth-order valence-electron chi connectivity index (χ4n) is 2.93. The molecule has 1 heterocycles. The minimum atomic E-state index is -0.862. The maximum atomic E-state index is 11.8. The summed E-state index contributed by atoms with van der Waals surface area (Å²) in [6.07, 6.45) is 5.25. The van der Waals surface area contributed by atoms with Gasteiger partial charge in [-0.25, -0.2) is 4.79 Å². The van der Waals surface area contributed by atoms with E-state index in [9.17, 15) is 9.90 Å². The van der Waals surface area contributed by atoms with Crippen LogP contribution in [0.4, 0.5) is 0 Å². The third-order valence-corrected chi connectivity index (χ3v) is 4.08. The predicted molar refractivity (Wildman–Crippen MR) is 90.9 cm³/mol. The molecular weight excluding hydrogens is 286 g/mol. The Hall–Kier alpha value is -2.81.